The van der Waals surface area contributed by atoms with Crippen molar-refractivity contribution in [3.05, 3.63) is 144 Å². The van der Waals surface area contributed by atoms with Crippen molar-refractivity contribution in [3.63, 3.8) is 0 Å². The van der Waals surface area contributed by atoms with Crippen LogP contribution in [0.15, 0.2) is 121 Å². The Morgan fingerprint density at radius 2 is 0.500 bits per heavy atom. The van der Waals surface area contributed by atoms with E-state index < -0.39 is 0 Å². The molecule has 0 aliphatic carbocycles. The van der Waals surface area contributed by atoms with Crippen LogP contribution < -0.4 is 18.9 Å². The van der Waals surface area contributed by atoms with Gasteiger partial charge < -0.3 is 42.4 Å². The van der Waals surface area contributed by atoms with Gasteiger partial charge in [-0.2, -0.15) is 0 Å². The number of aromatic amines is 2. The highest BCUT2D eigenvalue weighted by Gasteiger charge is 2.20. The highest BCUT2D eigenvalue weighted by atomic mass is 16.5. The number of unbranched alkanes of at least 4 members (excludes halogenated alkanes) is 14. The van der Waals surface area contributed by atoms with Gasteiger partial charge in [-0.25, -0.2) is 9.97 Å². The Bertz CT molecular complexity index is 3530. The summed E-state index contributed by atoms with van der Waals surface area (Å²) in [6, 6.07) is 43.0. The molecule has 478 valence electrons. The zero-order valence-corrected chi connectivity index (χ0v) is 56.4. The van der Waals surface area contributed by atoms with Crippen LogP contribution in [-0.4, -0.2) is 143 Å². The van der Waals surface area contributed by atoms with Gasteiger partial charge in [-0.1, -0.05) is 107 Å². The number of quaternary nitrogens is 3. The molecular weight excluding hydrogens is 1110 g/mol. The van der Waals surface area contributed by atoms with Crippen molar-refractivity contribution in [3.8, 4) is 67.5 Å². The molecule has 3 aromatic heterocycles. The minimum absolute atomic E-state index is 0.685. The summed E-state index contributed by atoms with van der Waals surface area (Å²) in [5, 5.41) is 0. The van der Waals surface area contributed by atoms with Gasteiger partial charge >= 0.3 is 0 Å². The number of hydrogen-bond acceptors (Lipinski definition) is 6. The second kappa shape index (κ2) is 32.5. The molecular formula is C79H106N7O4+3. The molecule has 0 radical (unpaired) electrons. The van der Waals surface area contributed by atoms with Crippen LogP contribution in [0.5, 0.6) is 23.0 Å². The first-order chi connectivity index (χ1) is 43.5. The summed E-state index contributed by atoms with van der Waals surface area (Å²) in [4.78, 5) is 19.2. The monoisotopic (exact) mass is 1220 g/mol. The first kappa shape index (κ1) is 67.0. The Kier molecular flexibility index (Phi) is 24.2. The number of aromatic nitrogens is 4. The summed E-state index contributed by atoms with van der Waals surface area (Å²) in [7, 11) is 20.3. The Morgan fingerprint density at radius 1 is 0.278 bits per heavy atom. The van der Waals surface area contributed by atoms with Crippen LogP contribution >= 0.6 is 0 Å². The van der Waals surface area contributed by atoms with Crippen molar-refractivity contribution in [2.24, 2.45) is 0 Å². The van der Waals surface area contributed by atoms with E-state index in [0.29, 0.717) is 26.4 Å². The number of rotatable bonds is 36. The molecule has 4 aromatic carbocycles. The summed E-state index contributed by atoms with van der Waals surface area (Å²) in [5.41, 5.74) is 15.3. The fraction of sp³-hybridized carbons (Fsp3) is 0.443. The maximum absolute atomic E-state index is 6.39. The normalized spacial score (nSPS) is 12.5. The van der Waals surface area contributed by atoms with Gasteiger partial charge in [0.15, 0.2) is 0 Å². The lowest BCUT2D eigenvalue weighted by atomic mass is 10.0. The molecule has 0 saturated carbocycles. The smallest absolute Gasteiger partial charge is 0.119 e. The average molecular weight is 1220 g/mol. The number of fused-ring (bicyclic) bond motifs is 8. The third-order valence-corrected chi connectivity index (χ3v) is 17.1. The maximum Gasteiger partial charge on any atom is 0.119 e. The van der Waals surface area contributed by atoms with E-state index >= 15 is 0 Å². The molecule has 0 amide bonds. The molecule has 0 atom stereocenters. The number of nitrogens with one attached hydrogen (secondary N) is 2. The Hall–Kier alpha value is -7.44. The molecule has 8 bridgehead atoms. The van der Waals surface area contributed by atoms with Gasteiger partial charge in [-0.05, 0) is 184 Å². The summed E-state index contributed by atoms with van der Waals surface area (Å²) in [5.74, 6) is 3.46. The van der Waals surface area contributed by atoms with Crippen molar-refractivity contribution < 1.29 is 32.4 Å². The van der Waals surface area contributed by atoms with E-state index in [2.05, 4.69) is 226 Å². The highest BCUT2D eigenvalue weighted by molar-refractivity contribution is 6.00. The molecule has 0 unspecified atom stereocenters. The molecule has 2 aliphatic rings. The van der Waals surface area contributed by atoms with E-state index in [1.807, 2.05) is 0 Å². The standard InChI is InChI=1S/C79H106N7O4/c1-11-12-13-14-15-16-17-18-25-56-87-64-37-29-60(30-38-64)76-68-45-47-70(80-68)77(61-31-39-65(40-32-61)88-57-26-19-22-53-84(2,3)4)72-49-51-74(82-72)79(63-35-43-67(44-36-63)90-59-28-21-24-55-86(8,9)10)75-52-50-73(83-75)78(71-48-46-69(76)81-71)62-33-41-66(42-34-62)89-58-27-20-23-54-85(5,6)7/h29-52,80,83H,11-28,53-59H2,1-10H3/q+3. The Morgan fingerprint density at radius 3 is 0.733 bits per heavy atom. The number of ether oxygens (including phenoxy) is 4. The van der Waals surface area contributed by atoms with Gasteiger partial charge in [0, 0.05) is 44.3 Å². The average Bonchev–Trinajstić information content (AvgIpc) is 1.66. The number of H-pyrrole nitrogens is 2. The van der Waals surface area contributed by atoms with Gasteiger partial charge in [0.2, 0.25) is 0 Å². The molecule has 2 aliphatic heterocycles. The second-order valence-corrected chi connectivity index (χ2v) is 28.0. The molecule has 11 nitrogen and oxygen atoms in total. The first-order valence-electron chi connectivity index (χ1n) is 34.0. The van der Waals surface area contributed by atoms with E-state index in [1.165, 1.54) is 70.6 Å². The van der Waals surface area contributed by atoms with Crippen LogP contribution in [0.1, 0.15) is 145 Å². The summed E-state index contributed by atoms with van der Waals surface area (Å²) < 4.78 is 28.4. The molecule has 11 heteroatoms. The van der Waals surface area contributed by atoms with E-state index in [0.717, 1.165) is 190 Å². The van der Waals surface area contributed by atoms with Crippen LogP contribution in [0, 0.1) is 0 Å². The predicted octanol–water partition coefficient (Wildman–Crippen LogP) is 19.0. The zero-order valence-electron chi connectivity index (χ0n) is 56.4. The molecule has 0 spiro atoms. The number of hydrogen-bond donors (Lipinski definition) is 2. The maximum atomic E-state index is 6.39. The first-order valence-corrected chi connectivity index (χ1v) is 34.0. The zero-order chi connectivity index (χ0) is 63.4. The van der Waals surface area contributed by atoms with Gasteiger partial charge in [0.25, 0.3) is 0 Å². The molecule has 90 heavy (non-hydrogen) atoms. The highest BCUT2D eigenvalue weighted by Crippen LogP contribution is 2.40. The van der Waals surface area contributed by atoms with Crippen molar-refractivity contribution >= 4 is 46.4 Å². The van der Waals surface area contributed by atoms with Crippen LogP contribution in [0.4, 0.5) is 0 Å². The number of nitrogens with zero attached hydrogens (tertiary/aromatic N) is 5. The van der Waals surface area contributed by atoms with E-state index in [9.17, 15) is 0 Å². The minimum Gasteiger partial charge on any atom is -0.494 e. The van der Waals surface area contributed by atoms with Crippen LogP contribution in [0.3, 0.4) is 0 Å². The van der Waals surface area contributed by atoms with Gasteiger partial charge in [0.05, 0.1) is 132 Å². The molecule has 7 aromatic rings. The minimum atomic E-state index is 0.685. The van der Waals surface area contributed by atoms with E-state index in [4.69, 9.17) is 28.9 Å². The fourth-order valence-electron chi connectivity index (χ4n) is 12.1. The molecule has 2 N–H and O–H groups in total. The summed E-state index contributed by atoms with van der Waals surface area (Å²) >= 11 is 0. The van der Waals surface area contributed by atoms with E-state index in [-0.39, 0.29) is 0 Å². The molecule has 9 rings (SSSR count). The van der Waals surface area contributed by atoms with Gasteiger partial charge in [-0.15, -0.1) is 0 Å². The lowest BCUT2D eigenvalue weighted by Gasteiger charge is -2.23. The lowest BCUT2D eigenvalue weighted by molar-refractivity contribution is -0.870. The quantitative estimate of drug-likeness (QED) is 0.0300. The molecule has 0 saturated heterocycles. The van der Waals surface area contributed by atoms with Crippen LogP contribution in [0.2, 0.25) is 0 Å². The third kappa shape index (κ3) is 20.3. The number of benzene rings is 4. The van der Waals surface area contributed by atoms with Crippen molar-refractivity contribution in [1.82, 2.24) is 19.9 Å². The predicted molar refractivity (Wildman–Crippen MR) is 380 cm³/mol. The second-order valence-electron chi connectivity index (χ2n) is 28.0. The van der Waals surface area contributed by atoms with Crippen molar-refractivity contribution in [2.75, 3.05) is 109 Å². The Labute approximate surface area is 539 Å². The summed E-state index contributed by atoms with van der Waals surface area (Å²) in [6.45, 7) is 8.52. The van der Waals surface area contributed by atoms with E-state index in [1.54, 1.807) is 0 Å². The SMILES string of the molecule is CCCCCCCCCCCOc1ccc(-c2c3nc(c(-c4ccc(OCCCCC[N+](C)(C)C)cc4)c4ccc([nH]4)c(-c4ccc(OCCCCC[N+](C)(C)C)cc4)c4nc(c(-c5ccc(OCCCCC[N+](C)(C)C)cc5)c5ccc2[nH]5)C=C4)C=C3)cc1. The van der Waals surface area contributed by atoms with Crippen molar-refractivity contribution in [2.45, 2.75) is 122 Å². The van der Waals surface area contributed by atoms with Crippen LogP contribution in [-0.2, 0) is 0 Å². The van der Waals surface area contributed by atoms with Crippen molar-refractivity contribution in [1.29, 1.82) is 0 Å². The topological polar surface area (TPSA) is 94.3 Å². The third-order valence-electron chi connectivity index (χ3n) is 17.1. The molecule has 0 fully saturated rings. The van der Waals surface area contributed by atoms with Gasteiger partial charge in [0.1, 0.15) is 23.0 Å². The fourth-order valence-corrected chi connectivity index (χ4v) is 12.1. The van der Waals surface area contributed by atoms with Crippen LogP contribution in [0.25, 0.3) is 90.9 Å². The Balaban J connectivity index is 1.13. The molecule has 5 heterocycles. The lowest BCUT2D eigenvalue weighted by Crippen LogP contribution is -2.35. The largest absolute Gasteiger partial charge is 0.494 e. The van der Waals surface area contributed by atoms with Gasteiger partial charge in [-0.3, -0.25) is 0 Å². The summed E-state index contributed by atoms with van der Waals surface area (Å²) in [6.07, 6.45) is 30.2.